The van der Waals surface area contributed by atoms with Gasteiger partial charge in [-0.25, -0.2) is 0 Å². The number of hydrogen-bond donors (Lipinski definition) is 0. The van der Waals surface area contributed by atoms with Crippen LogP contribution in [0.25, 0.3) is 10.8 Å². The van der Waals surface area contributed by atoms with Gasteiger partial charge in [-0.1, -0.05) is 64.1 Å². The van der Waals surface area contributed by atoms with Gasteiger partial charge >= 0.3 is 11.9 Å². The average molecular weight is 528 g/mol. The van der Waals surface area contributed by atoms with Gasteiger partial charge in [0.2, 0.25) is 0 Å². The Morgan fingerprint density at radius 3 is 2.42 bits per heavy atom. The van der Waals surface area contributed by atoms with Gasteiger partial charge in [0.05, 0.1) is 12.3 Å². The molecule has 0 amide bonds. The Bertz CT molecular complexity index is 1230. The number of rotatable bonds is 13. The molecule has 0 saturated carbocycles. The van der Waals surface area contributed by atoms with E-state index in [1.165, 1.54) is 0 Å². The number of carbonyl (C=O) groups is 2. The molecule has 8 nitrogen and oxygen atoms in total. The quantitative estimate of drug-likeness (QED) is 0.0494. The highest BCUT2D eigenvalue weighted by Gasteiger charge is 2.18. The first-order chi connectivity index (χ1) is 17.4. The second-order valence-electron chi connectivity index (χ2n) is 7.67. The Kier molecular flexibility index (Phi) is 10.2. The first-order valence-electron chi connectivity index (χ1n) is 11.0. The molecule has 3 aromatic rings. The molecule has 0 saturated heterocycles. The number of hydrogen-bond acceptors (Lipinski definition) is 9. The van der Waals surface area contributed by atoms with E-state index in [0.717, 1.165) is 22.1 Å². The standard InChI is InChI=1S/C26H25NO7S2/c1-3-13-35-36-14-12-25(28)33-24-11-8-21-15-20(6-7-22(21)16-24)18(2)26(29)34-23-9-4-19(5-10-23)17-32-27(30)31/h3-11,15-16,18H,1,12-14,17H2,2H3/t18-/m0/s1. The number of fused-ring (bicyclic) bond motifs is 1. The summed E-state index contributed by atoms with van der Waals surface area (Å²) >= 11 is 0. The van der Waals surface area contributed by atoms with Crippen LogP contribution in [0.2, 0.25) is 0 Å². The highest BCUT2D eigenvalue weighted by molar-refractivity contribution is 8.76. The molecule has 0 unspecified atom stereocenters. The van der Waals surface area contributed by atoms with Crippen LogP contribution >= 0.6 is 21.6 Å². The average Bonchev–Trinajstić information content (AvgIpc) is 2.87. The molecule has 188 valence electrons. The summed E-state index contributed by atoms with van der Waals surface area (Å²) in [4.78, 5) is 39.4. The molecule has 0 fully saturated rings. The third-order valence-corrected chi connectivity index (χ3v) is 7.38. The van der Waals surface area contributed by atoms with Gasteiger partial charge in [-0.05, 0) is 53.1 Å². The molecule has 0 aliphatic carbocycles. The molecule has 0 aromatic heterocycles. The van der Waals surface area contributed by atoms with Gasteiger partial charge in [0, 0.05) is 11.5 Å². The maximum absolute atomic E-state index is 12.7. The van der Waals surface area contributed by atoms with E-state index in [2.05, 4.69) is 11.4 Å². The molecular formula is C26H25NO7S2. The Morgan fingerprint density at radius 2 is 1.69 bits per heavy atom. The lowest BCUT2D eigenvalue weighted by atomic mass is 9.98. The Balaban J connectivity index is 1.57. The van der Waals surface area contributed by atoms with Crippen LogP contribution in [0.4, 0.5) is 0 Å². The predicted octanol–water partition coefficient (Wildman–Crippen LogP) is 6.12. The van der Waals surface area contributed by atoms with Crippen molar-refractivity contribution in [3.63, 3.8) is 0 Å². The van der Waals surface area contributed by atoms with Crippen molar-refractivity contribution in [2.24, 2.45) is 0 Å². The zero-order valence-corrected chi connectivity index (χ0v) is 21.2. The number of ether oxygens (including phenoxy) is 2. The van der Waals surface area contributed by atoms with Crippen LogP contribution in [0.1, 0.15) is 30.4 Å². The minimum absolute atomic E-state index is 0.177. The lowest BCUT2D eigenvalue weighted by Crippen LogP contribution is -2.16. The number of benzene rings is 3. The van der Waals surface area contributed by atoms with Gasteiger partial charge in [0.15, 0.2) is 0 Å². The van der Waals surface area contributed by atoms with Crippen LogP contribution < -0.4 is 9.47 Å². The van der Waals surface area contributed by atoms with E-state index in [4.69, 9.17) is 9.47 Å². The molecule has 0 aliphatic rings. The second-order valence-corrected chi connectivity index (χ2v) is 10.3. The molecule has 0 N–H and O–H groups in total. The Labute approximate surface area is 216 Å². The summed E-state index contributed by atoms with van der Waals surface area (Å²) in [5, 5.41) is 11.2. The summed E-state index contributed by atoms with van der Waals surface area (Å²) in [6, 6.07) is 17.3. The molecule has 36 heavy (non-hydrogen) atoms. The van der Waals surface area contributed by atoms with E-state index in [9.17, 15) is 19.7 Å². The van der Waals surface area contributed by atoms with Crippen molar-refractivity contribution in [2.75, 3.05) is 11.5 Å². The maximum Gasteiger partial charge on any atom is 0.318 e. The molecule has 3 rings (SSSR count). The van der Waals surface area contributed by atoms with Crippen molar-refractivity contribution in [3.8, 4) is 11.5 Å². The lowest BCUT2D eigenvalue weighted by molar-refractivity contribution is -0.763. The van der Waals surface area contributed by atoms with Gasteiger partial charge in [-0.2, -0.15) is 0 Å². The fourth-order valence-electron chi connectivity index (χ4n) is 3.16. The zero-order chi connectivity index (χ0) is 25.9. The van der Waals surface area contributed by atoms with Crippen LogP contribution in [-0.4, -0.2) is 28.5 Å². The molecular weight excluding hydrogens is 502 g/mol. The van der Waals surface area contributed by atoms with Gasteiger partial charge in [-0.15, -0.1) is 16.7 Å². The summed E-state index contributed by atoms with van der Waals surface area (Å²) in [6.07, 6.45) is 2.14. The van der Waals surface area contributed by atoms with E-state index >= 15 is 0 Å². The molecule has 0 radical (unpaired) electrons. The monoisotopic (exact) mass is 527 g/mol. The maximum atomic E-state index is 12.7. The van der Waals surface area contributed by atoms with E-state index in [-0.39, 0.29) is 12.6 Å². The van der Waals surface area contributed by atoms with E-state index in [1.807, 2.05) is 30.3 Å². The minimum atomic E-state index is -0.862. The Hall–Kier alpha value is -3.50. The molecule has 0 spiro atoms. The van der Waals surface area contributed by atoms with Gasteiger partial charge in [0.1, 0.15) is 18.1 Å². The summed E-state index contributed by atoms with van der Waals surface area (Å²) in [7, 11) is 3.25. The minimum Gasteiger partial charge on any atom is -0.426 e. The fourth-order valence-corrected chi connectivity index (χ4v) is 4.90. The molecule has 0 heterocycles. The third kappa shape index (κ3) is 8.31. The zero-order valence-electron chi connectivity index (χ0n) is 19.6. The smallest absolute Gasteiger partial charge is 0.318 e. The molecule has 0 aliphatic heterocycles. The first-order valence-corrected chi connectivity index (χ1v) is 13.5. The van der Waals surface area contributed by atoms with Crippen LogP contribution in [-0.2, 0) is 21.0 Å². The summed E-state index contributed by atoms with van der Waals surface area (Å²) in [5.74, 6) is 1.07. The topological polar surface area (TPSA) is 105 Å². The normalized spacial score (nSPS) is 11.5. The van der Waals surface area contributed by atoms with Crippen LogP contribution in [0.3, 0.4) is 0 Å². The van der Waals surface area contributed by atoms with Crippen molar-refractivity contribution in [2.45, 2.75) is 25.9 Å². The van der Waals surface area contributed by atoms with Crippen molar-refractivity contribution in [1.29, 1.82) is 0 Å². The van der Waals surface area contributed by atoms with Crippen LogP contribution in [0.5, 0.6) is 11.5 Å². The number of esters is 2. The van der Waals surface area contributed by atoms with Crippen molar-refractivity contribution >= 4 is 44.3 Å². The largest absolute Gasteiger partial charge is 0.426 e. The van der Waals surface area contributed by atoms with Crippen LogP contribution in [0, 0.1) is 10.1 Å². The van der Waals surface area contributed by atoms with Crippen LogP contribution in [0.15, 0.2) is 73.3 Å². The SMILES string of the molecule is C=CCSSCCC(=O)Oc1ccc2cc([C@H](C)C(=O)Oc3ccc(CO[N+](=O)[O-])cc3)ccc2c1. The summed E-state index contributed by atoms with van der Waals surface area (Å²) in [6.45, 7) is 5.24. The summed E-state index contributed by atoms with van der Waals surface area (Å²) in [5.41, 5.74) is 1.36. The Morgan fingerprint density at radius 1 is 1.00 bits per heavy atom. The number of carbonyl (C=O) groups excluding carboxylic acids is 2. The third-order valence-electron chi connectivity index (χ3n) is 5.06. The second kappa shape index (κ2) is 13.6. The number of nitrogens with zero attached hydrogens (tertiary/aromatic N) is 1. The molecule has 1 atom stereocenters. The molecule has 10 heteroatoms. The highest BCUT2D eigenvalue weighted by Crippen LogP contribution is 2.27. The fraction of sp³-hybridized carbons (Fsp3) is 0.231. The first kappa shape index (κ1) is 27.1. The van der Waals surface area contributed by atoms with Crippen molar-refractivity contribution < 1.29 is 29.0 Å². The van der Waals surface area contributed by atoms with Gasteiger partial charge in [-0.3, -0.25) is 9.59 Å². The van der Waals surface area contributed by atoms with Crippen molar-refractivity contribution in [1.82, 2.24) is 0 Å². The van der Waals surface area contributed by atoms with Gasteiger partial charge in [0.25, 0.3) is 5.09 Å². The van der Waals surface area contributed by atoms with Crippen molar-refractivity contribution in [3.05, 3.63) is 94.6 Å². The van der Waals surface area contributed by atoms with Gasteiger partial charge < -0.3 is 14.3 Å². The van der Waals surface area contributed by atoms with E-state index in [1.54, 1.807) is 64.9 Å². The van der Waals surface area contributed by atoms with E-state index < -0.39 is 17.0 Å². The summed E-state index contributed by atoms with van der Waals surface area (Å²) < 4.78 is 10.9. The molecule has 3 aromatic carbocycles. The molecule has 0 bridgehead atoms. The highest BCUT2D eigenvalue weighted by atomic mass is 33.1. The lowest BCUT2D eigenvalue weighted by Gasteiger charge is -2.13. The predicted molar refractivity (Wildman–Crippen MR) is 142 cm³/mol. The van der Waals surface area contributed by atoms with E-state index in [0.29, 0.717) is 29.2 Å².